The Bertz CT molecular complexity index is 552. The zero-order valence-corrected chi connectivity index (χ0v) is 9.87. The predicted octanol–water partition coefficient (Wildman–Crippen LogP) is 1.00. The van der Waals surface area contributed by atoms with Gasteiger partial charge in [-0.1, -0.05) is 0 Å². The summed E-state index contributed by atoms with van der Waals surface area (Å²) < 4.78 is 1.88. The summed E-state index contributed by atoms with van der Waals surface area (Å²) in [6, 6.07) is 1.45. The SMILES string of the molecule is CCn1cnnc1CNc1cnccc1C(=O)O. The molecule has 2 heterocycles. The van der Waals surface area contributed by atoms with Crippen LogP contribution in [-0.4, -0.2) is 30.8 Å². The summed E-state index contributed by atoms with van der Waals surface area (Å²) in [5.41, 5.74) is 0.656. The fraction of sp³-hybridized carbons (Fsp3) is 0.273. The number of rotatable bonds is 5. The second-order valence-corrected chi connectivity index (χ2v) is 3.61. The molecule has 2 aromatic heterocycles. The number of nitrogens with one attached hydrogen (secondary N) is 1. The van der Waals surface area contributed by atoms with Gasteiger partial charge in [-0.2, -0.15) is 0 Å². The maximum atomic E-state index is 11.0. The number of carbonyl (C=O) groups is 1. The number of aromatic nitrogens is 4. The Kier molecular flexibility index (Phi) is 3.52. The molecule has 7 nitrogen and oxygen atoms in total. The van der Waals surface area contributed by atoms with Crippen LogP contribution in [0.15, 0.2) is 24.8 Å². The second kappa shape index (κ2) is 5.26. The normalized spacial score (nSPS) is 10.3. The van der Waals surface area contributed by atoms with Gasteiger partial charge in [-0.15, -0.1) is 10.2 Å². The van der Waals surface area contributed by atoms with E-state index in [2.05, 4.69) is 20.5 Å². The van der Waals surface area contributed by atoms with Gasteiger partial charge >= 0.3 is 5.97 Å². The highest BCUT2D eigenvalue weighted by Gasteiger charge is 2.10. The first-order valence-corrected chi connectivity index (χ1v) is 5.50. The summed E-state index contributed by atoms with van der Waals surface area (Å²) in [7, 11) is 0. The highest BCUT2D eigenvalue weighted by atomic mass is 16.4. The van der Waals surface area contributed by atoms with Gasteiger partial charge in [0.05, 0.1) is 24.0 Å². The third-order valence-corrected chi connectivity index (χ3v) is 2.52. The van der Waals surface area contributed by atoms with Gasteiger partial charge in [0, 0.05) is 12.7 Å². The summed E-state index contributed by atoms with van der Waals surface area (Å²) in [6.07, 6.45) is 4.57. The van der Waals surface area contributed by atoms with Crippen molar-refractivity contribution in [1.29, 1.82) is 0 Å². The molecule has 0 aromatic carbocycles. The molecule has 0 spiro atoms. The molecule has 0 unspecified atom stereocenters. The number of carboxylic acids is 1. The molecule has 0 aliphatic carbocycles. The van der Waals surface area contributed by atoms with Crippen LogP contribution in [0.4, 0.5) is 5.69 Å². The lowest BCUT2D eigenvalue weighted by molar-refractivity contribution is 0.0698. The first kappa shape index (κ1) is 12.0. The van der Waals surface area contributed by atoms with Crippen LogP contribution < -0.4 is 5.32 Å². The molecule has 2 N–H and O–H groups in total. The van der Waals surface area contributed by atoms with Crippen molar-refractivity contribution in [2.24, 2.45) is 0 Å². The van der Waals surface area contributed by atoms with Crippen LogP contribution in [0.3, 0.4) is 0 Å². The first-order valence-electron chi connectivity index (χ1n) is 5.50. The van der Waals surface area contributed by atoms with Gasteiger partial charge in [-0.3, -0.25) is 4.98 Å². The molecule has 0 aliphatic rings. The molecule has 0 radical (unpaired) electrons. The number of aryl methyl sites for hydroxylation is 1. The van der Waals surface area contributed by atoms with Crippen molar-refractivity contribution >= 4 is 11.7 Å². The van der Waals surface area contributed by atoms with E-state index in [9.17, 15) is 4.79 Å². The zero-order valence-electron chi connectivity index (χ0n) is 9.87. The lowest BCUT2D eigenvalue weighted by atomic mass is 10.2. The molecular formula is C11H13N5O2. The maximum absolute atomic E-state index is 11.0. The van der Waals surface area contributed by atoms with E-state index >= 15 is 0 Å². The first-order chi connectivity index (χ1) is 8.72. The van der Waals surface area contributed by atoms with Crippen LogP contribution in [0.25, 0.3) is 0 Å². The van der Waals surface area contributed by atoms with Crippen LogP contribution in [0.5, 0.6) is 0 Å². The molecule has 94 valence electrons. The summed E-state index contributed by atoms with van der Waals surface area (Å²) >= 11 is 0. The van der Waals surface area contributed by atoms with Gasteiger partial charge in [-0.25, -0.2) is 4.79 Å². The van der Waals surface area contributed by atoms with E-state index in [4.69, 9.17) is 5.11 Å². The van der Waals surface area contributed by atoms with Crippen molar-refractivity contribution in [1.82, 2.24) is 19.7 Å². The molecule has 2 aromatic rings. The van der Waals surface area contributed by atoms with Crippen LogP contribution in [-0.2, 0) is 13.1 Å². The number of carboxylic acid groups (broad SMARTS) is 1. The highest BCUT2D eigenvalue weighted by molar-refractivity contribution is 5.93. The van der Waals surface area contributed by atoms with Crippen LogP contribution >= 0.6 is 0 Å². The van der Waals surface area contributed by atoms with E-state index in [1.165, 1.54) is 18.5 Å². The van der Waals surface area contributed by atoms with Gasteiger partial charge in [0.25, 0.3) is 0 Å². The minimum Gasteiger partial charge on any atom is -0.478 e. The smallest absolute Gasteiger partial charge is 0.337 e. The lowest BCUT2D eigenvalue weighted by Crippen LogP contribution is -2.10. The third-order valence-electron chi connectivity index (χ3n) is 2.52. The van der Waals surface area contributed by atoms with E-state index in [-0.39, 0.29) is 5.56 Å². The van der Waals surface area contributed by atoms with Gasteiger partial charge in [0.2, 0.25) is 0 Å². The zero-order chi connectivity index (χ0) is 13.0. The molecule has 7 heteroatoms. The molecule has 0 atom stereocenters. The third kappa shape index (κ3) is 2.45. The van der Waals surface area contributed by atoms with Crippen LogP contribution in [0.1, 0.15) is 23.1 Å². The number of hydrogen-bond acceptors (Lipinski definition) is 5. The summed E-state index contributed by atoms with van der Waals surface area (Å²) in [5.74, 6) is -0.241. The Morgan fingerprint density at radius 3 is 3.11 bits per heavy atom. The summed E-state index contributed by atoms with van der Waals surface area (Å²) in [6.45, 7) is 3.16. The molecule has 0 saturated carbocycles. The molecule has 2 rings (SSSR count). The van der Waals surface area contributed by atoms with Crippen LogP contribution in [0.2, 0.25) is 0 Å². The van der Waals surface area contributed by atoms with E-state index in [0.717, 1.165) is 12.4 Å². The van der Waals surface area contributed by atoms with Gasteiger partial charge in [-0.05, 0) is 13.0 Å². The Hall–Kier alpha value is -2.44. The molecular weight excluding hydrogens is 234 g/mol. The fourth-order valence-corrected chi connectivity index (χ4v) is 1.58. The van der Waals surface area contributed by atoms with Gasteiger partial charge in [0.15, 0.2) is 5.82 Å². The number of aromatic carboxylic acids is 1. The average molecular weight is 247 g/mol. The van der Waals surface area contributed by atoms with Gasteiger partial charge < -0.3 is 15.0 Å². The Labute approximate surface area is 104 Å². The standard InChI is InChI=1S/C11H13N5O2/c1-2-16-7-14-15-10(16)6-13-9-5-12-4-3-8(9)11(17)18/h3-5,7,13H,2,6H2,1H3,(H,17,18). The Morgan fingerprint density at radius 1 is 1.56 bits per heavy atom. The number of pyridine rings is 1. The van der Waals surface area contributed by atoms with Gasteiger partial charge in [0.1, 0.15) is 6.33 Å². The molecule has 18 heavy (non-hydrogen) atoms. The van der Waals surface area contributed by atoms with Crippen molar-refractivity contribution < 1.29 is 9.90 Å². The predicted molar refractivity (Wildman–Crippen MR) is 64.2 cm³/mol. The van der Waals surface area contributed by atoms with E-state index in [1.807, 2.05) is 11.5 Å². The van der Waals surface area contributed by atoms with Crippen molar-refractivity contribution in [2.45, 2.75) is 20.0 Å². The van der Waals surface area contributed by atoms with Crippen molar-refractivity contribution in [2.75, 3.05) is 5.32 Å². The summed E-state index contributed by atoms with van der Waals surface area (Å²) in [4.78, 5) is 14.9. The Balaban J connectivity index is 2.13. The lowest BCUT2D eigenvalue weighted by Gasteiger charge is -2.08. The molecule has 0 fully saturated rings. The number of nitrogens with zero attached hydrogens (tertiary/aromatic N) is 4. The van der Waals surface area contributed by atoms with E-state index < -0.39 is 5.97 Å². The highest BCUT2D eigenvalue weighted by Crippen LogP contribution is 2.14. The minimum atomic E-state index is -0.989. The molecule has 0 amide bonds. The second-order valence-electron chi connectivity index (χ2n) is 3.61. The van der Waals surface area contributed by atoms with Crippen molar-refractivity contribution in [3.63, 3.8) is 0 Å². The Morgan fingerprint density at radius 2 is 2.39 bits per heavy atom. The maximum Gasteiger partial charge on any atom is 0.337 e. The minimum absolute atomic E-state index is 0.188. The quantitative estimate of drug-likeness (QED) is 0.818. The van der Waals surface area contributed by atoms with E-state index in [0.29, 0.717) is 12.2 Å². The number of anilines is 1. The van der Waals surface area contributed by atoms with E-state index in [1.54, 1.807) is 6.33 Å². The van der Waals surface area contributed by atoms with Crippen LogP contribution in [0, 0.1) is 0 Å². The molecule has 0 aliphatic heterocycles. The van der Waals surface area contributed by atoms with Crippen molar-refractivity contribution in [3.05, 3.63) is 36.2 Å². The largest absolute Gasteiger partial charge is 0.478 e. The topological polar surface area (TPSA) is 92.9 Å². The monoisotopic (exact) mass is 247 g/mol. The average Bonchev–Trinajstić information content (AvgIpc) is 2.84. The summed E-state index contributed by atoms with van der Waals surface area (Å²) in [5, 5.41) is 19.8. The number of hydrogen-bond donors (Lipinski definition) is 2. The van der Waals surface area contributed by atoms with Crippen molar-refractivity contribution in [3.8, 4) is 0 Å². The molecule has 0 bridgehead atoms. The fourth-order valence-electron chi connectivity index (χ4n) is 1.58. The molecule has 0 saturated heterocycles.